The van der Waals surface area contributed by atoms with Crippen molar-refractivity contribution in [2.75, 3.05) is 12.3 Å². The van der Waals surface area contributed by atoms with Crippen molar-refractivity contribution in [2.24, 2.45) is 0 Å². The SMILES string of the molecule is CCn1c(CCCNC(C)=O)nnc1SCC(=O)c1ccc(Cl)s1. The number of carbonyl (C=O) groups is 2. The minimum Gasteiger partial charge on any atom is -0.356 e. The molecule has 0 aliphatic carbocycles. The molecule has 2 heterocycles. The predicted octanol–water partition coefficient (Wildman–Crippen LogP) is 3.06. The van der Waals surface area contributed by atoms with Gasteiger partial charge < -0.3 is 9.88 Å². The number of Topliss-reactive ketones (excluding diaryl/α,β-unsaturated/α-hetero) is 1. The van der Waals surface area contributed by atoms with Crippen LogP contribution in [0.5, 0.6) is 0 Å². The van der Waals surface area contributed by atoms with Gasteiger partial charge in [-0.15, -0.1) is 21.5 Å². The summed E-state index contributed by atoms with van der Waals surface area (Å²) in [6.45, 7) is 4.88. The van der Waals surface area contributed by atoms with Gasteiger partial charge in [-0.05, 0) is 25.5 Å². The second kappa shape index (κ2) is 9.19. The number of nitrogens with one attached hydrogen (secondary N) is 1. The number of thioether (sulfide) groups is 1. The summed E-state index contributed by atoms with van der Waals surface area (Å²) in [5.41, 5.74) is 0. The van der Waals surface area contributed by atoms with Crippen molar-refractivity contribution in [1.29, 1.82) is 0 Å². The number of nitrogens with zero attached hydrogens (tertiary/aromatic N) is 3. The summed E-state index contributed by atoms with van der Waals surface area (Å²) in [4.78, 5) is 23.7. The van der Waals surface area contributed by atoms with E-state index in [2.05, 4.69) is 15.5 Å². The van der Waals surface area contributed by atoms with Crippen LogP contribution in [-0.4, -0.2) is 38.8 Å². The first kappa shape index (κ1) is 19.0. The van der Waals surface area contributed by atoms with Crippen LogP contribution < -0.4 is 5.32 Å². The molecule has 0 unspecified atom stereocenters. The highest BCUT2D eigenvalue weighted by atomic mass is 35.5. The molecule has 0 fully saturated rings. The Balaban J connectivity index is 1.91. The lowest BCUT2D eigenvalue weighted by atomic mass is 10.3. The topological polar surface area (TPSA) is 76.9 Å². The van der Waals surface area contributed by atoms with E-state index in [1.807, 2.05) is 11.5 Å². The van der Waals surface area contributed by atoms with Gasteiger partial charge in [0.15, 0.2) is 10.9 Å². The smallest absolute Gasteiger partial charge is 0.216 e. The Labute approximate surface area is 154 Å². The van der Waals surface area contributed by atoms with E-state index in [0.29, 0.717) is 21.5 Å². The fourth-order valence-electron chi connectivity index (χ4n) is 2.10. The zero-order valence-electron chi connectivity index (χ0n) is 13.5. The van der Waals surface area contributed by atoms with Crippen LogP contribution >= 0.6 is 34.7 Å². The van der Waals surface area contributed by atoms with Crippen molar-refractivity contribution in [1.82, 2.24) is 20.1 Å². The predicted molar refractivity (Wildman–Crippen MR) is 97.1 cm³/mol. The van der Waals surface area contributed by atoms with E-state index in [1.54, 1.807) is 12.1 Å². The van der Waals surface area contributed by atoms with Crippen LogP contribution in [0.3, 0.4) is 0 Å². The van der Waals surface area contributed by atoms with E-state index in [-0.39, 0.29) is 11.7 Å². The van der Waals surface area contributed by atoms with Crippen molar-refractivity contribution in [3.63, 3.8) is 0 Å². The van der Waals surface area contributed by atoms with Gasteiger partial charge in [0.25, 0.3) is 0 Å². The summed E-state index contributed by atoms with van der Waals surface area (Å²) in [6, 6.07) is 3.47. The zero-order valence-corrected chi connectivity index (χ0v) is 15.9. The quantitative estimate of drug-likeness (QED) is 0.407. The second-order valence-electron chi connectivity index (χ2n) is 5.05. The summed E-state index contributed by atoms with van der Waals surface area (Å²) in [5, 5.41) is 11.9. The molecule has 1 N–H and O–H groups in total. The number of aryl methyl sites for hydroxylation is 1. The van der Waals surface area contributed by atoms with Crippen molar-refractivity contribution >= 4 is 46.4 Å². The van der Waals surface area contributed by atoms with Crippen molar-refractivity contribution in [2.45, 2.75) is 38.4 Å². The number of hydrogen-bond acceptors (Lipinski definition) is 6. The van der Waals surface area contributed by atoms with Gasteiger partial charge >= 0.3 is 0 Å². The Bertz CT molecular complexity index is 714. The van der Waals surface area contributed by atoms with Gasteiger partial charge in [-0.2, -0.15) is 0 Å². The molecule has 0 bridgehead atoms. The summed E-state index contributed by atoms with van der Waals surface area (Å²) in [6.07, 6.45) is 1.53. The lowest BCUT2D eigenvalue weighted by Crippen LogP contribution is -2.21. The number of hydrogen-bond donors (Lipinski definition) is 1. The third-order valence-corrected chi connectivity index (χ3v) is 5.48. The molecule has 6 nitrogen and oxygen atoms in total. The maximum Gasteiger partial charge on any atom is 0.216 e. The summed E-state index contributed by atoms with van der Waals surface area (Å²) in [7, 11) is 0. The third-order valence-electron chi connectivity index (χ3n) is 3.24. The van der Waals surface area contributed by atoms with Gasteiger partial charge in [-0.3, -0.25) is 9.59 Å². The molecule has 2 aromatic heterocycles. The molecule has 0 aliphatic rings. The van der Waals surface area contributed by atoms with Crippen molar-refractivity contribution in [3.8, 4) is 0 Å². The Morgan fingerprint density at radius 1 is 1.38 bits per heavy atom. The summed E-state index contributed by atoms with van der Waals surface area (Å²) < 4.78 is 2.62. The summed E-state index contributed by atoms with van der Waals surface area (Å²) >= 11 is 8.53. The summed E-state index contributed by atoms with van der Waals surface area (Å²) in [5.74, 6) is 1.18. The second-order valence-corrected chi connectivity index (χ2v) is 7.70. The average molecular weight is 387 g/mol. The highest BCUT2D eigenvalue weighted by molar-refractivity contribution is 7.99. The molecule has 130 valence electrons. The first-order valence-electron chi connectivity index (χ1n) is 7.59. The molecular weight excluding hydrogens is 368 g/mol. The Morgan fingerprint density at radius 3 is 2.79 bits per heavy atom. The first-order chi connectivity index (χ1) is 11.5. The molecule has 0 atom stereocenters. The van der Waals surface area contributed by atoms with E-state index < -0.39 is 0 Å². The molecule has 2 aromatic rings. The van der Waals surface area contributed by atoms with Crippen LogP contribution in [0.15, 0.2) is 17.3 Å². The van der Waals surface area contributed by atoms with Crippen molar-refractivity contribution < 1.29 is 9.59 Å². The van der Waals surface area contributed by atoms with Gasteiger partial charge in [0.2, 0.25) is 5.91 Å². The monoisotopic (exact) mass is 386 g/mol. The van der Waals surface area contributed by atoms with Crippen LogP contribution in [0, 0.1) is 0 Å². The lowest BCUT2D eigenvalue weighted by Gasteiger charge is -2.07. The van der Waals surface area contributed by atoms with Gasteiger partial charge in [0.1, 0.15) is 5.82 Å². The molecule has 0 spiro atoms. The van der Waals surface area contributed by atoms with Crippen molar-refractivity contribution in [3.05, 3.63) is 27.2 Å². The zero-order chi connectivity index (χ0) is 17.5. The lowest BCUT2D eigenvalue weighted by molar-refractivity contribution is -0.118. The number of rotatable bonds is 9. The average Bonchev–Trinajstić information content (AvgIpc) is 3.15. The number of ketones is 1. The Hall–Kier alpha value is -1.38. The number of amides is 1. The van der Waals surface area contributed by atoms with Gasteiger partial charge in [-0.25, -0.2) is 0 Å². The van der Waals surface area contributed by atoms with Gasteiger partial charge in [0.05, 0.1) is 15.0 Å². The number of aromatic nitrogens is 3. The third kappa shape index (κ3) is 5.32. The van der Waals surface area contributed by atoms with Crippen LogP contribution in [0.4, 0.5) is 0 Å². The molecule has 1 amide bonds. The normalized spacial score (nSPS) is 10.8. The van der Waals surface area contributed by atoms with Gasteiger partial charge in [0, 0.05) is 26.4 Å². The maximum absolute atomic E-state index is 12.1. The maximum atomic E-state index is 12.1. The van der Waals surface area contributed by atoms with E-state index >= 15 is 0 Å². The number of thiophene rings is 1. The minimum atomic E-state index is -0.0320. The minimum absolute atomic E-state index is 0.0320. The molecule has 2 rings (SSSR count). The number of carbonyl (C=O) groups excluding carboxylic acids is 2. The Morgan fingerprint density at radius 2 is 2.17 bits per heavy atom. The van der Waals surface area contributed by atoms with E-state index in [1.165, 1.54) is 30.0 Å². The first-order valence-corrected chi connectivity index (χ1v) is 9.77. The highest BCUT2D eigenvalue weighted by Crippen LogP contribution is 2.25. The fraction of sp³-hybridized carbons (Fsp3) is 0.467. The standard InChI is InChI=1S/C15H19ClN4O2S2/c1-3-20-14(5-4-8-17-10(2)21)18-19-15(20)23-9-11(22)12-6-7-13(16)24-12/h6-7H,3-5,8-9H2,1-2H3,(H,17,21). The van der Waals surface area contributed by atoms with Gasteiger partial charge in [-0.1, -0.05) is 23.4 Å². The van der Waals surface area contributed by atoms with Crippen LogP contribution in [-0.2, 0) is 17.8 Å². The number of halogens is 1. The molecule has 9 heteroatoms. The molecule has 0 saturated heterocycles. The fourth-order valence-corrected chi connectivity index (χ4v) is 4.08. The van der Waals surface area contributed by atoms with Crippen LogP contribution in [0.1, 0.15) is 35.8 Å². The van der Waals surface area contributed by atoms with E-state index in [4.69, 9.17) is 11.6 Å². The van der Waals surface area contributed by atoms with E-state index in [9.17, 15) is 9.59 Å². The van der Waals surface area contributed by atoms with E-state index in [0.717, 1.165) is 30.4 Å². The van der Waals surface area contributed by atoms with Crippen LogP contribution in [0.2, 0.25) is 4.34 Å². The molecule has 0 aliphatic heterocycles. The largest absolute Gasteiger partial charge is 0.356 e. The molecular formula is C15H19ClN4O2S2. The molecule has 0 aromatic carbocycles. The molecule has 0 radical (unpaired) electrons. The molecule has 0 saturated carbocycles. The highest BCUT2D eigenvalue weighted by Gasteiger charge is 2.15. The molecule has 24 heavy (non-hydrogen) atoms. The van der Waals surface area contributed by atoms with Crippen LogP contribution in [0.25, 0.3) is 0 Å². The Kier molecular flexibility index (Phi) is 7.26.